The summed E-state index contributed by atoms with van der Waals surface area (Å²) in [4.78, 5) is 33.1. The number of rotatable bonds is 7. The molecule has 7 heteroatoms. The van der Waals surface area contributed by atoms with Crippen LogP contribution in [-0.4, -0.2) is 28.1 Å². The molecule has 0 fully saturated rings. The van der Waals surface area contributed by atoms with Crippen LogP contribution in [0.4, 0.5) is 5.69 Å². The number of carbonyl (C=O) groups excluding carboxylic acids is 1. The highest BCUT2D eigenvalue weighted by Crippen LogP contribution is 2.13. The lowest BCUT2D eigenvalue weighted by Gasteiger charge is -2.12. The van der Waals surface area contributed by atoms with Gasteiger partial charge in [0.2, 0.25) is 6.10 Å². The minimum Gasteiger partial charge on any atom is -0.478 e. The number of aliphatic carboxylic acids is 1. The molecule has 1 atom stereocenters. The van der Waals surface area contributed by atoms with Gasteiger partial charge in [-0.1, -0.05) is 30.3 Å². The third kappa shape index (κ3) is 5.58. The van der Waals surface area contributed by atoms with Gasteiger partial charge in [0.15, 0.2) is 0 Å². The third-order valence-corrected chi connectivity index (χ3v) is 3.31. The molecule has 2 rings (SSSR count). The maximum absolute atomic E-state index is 11.8. The van der Waals surface area contributed by atoms with Crippen LogP contribution in [0.3, 0.4) is 0 Å². The monoisotopic (exact) mass is 341 g/mol. The quantitative estimate of drug-likeness (QED) is 0.359. The number of ether oxygens (including phenoxy) is 1. The first-order valence-corrected chi connectivity index (χ1v) is 7.35. The second kappa shape index (κ2) is 8.39. The smallest absolute Gasteiger partial charge is 0.345 e. The van der Waals surface area contributed by atoms with E-state index < -0.39 is 23.0 Å². The van der Waals surface area contributed by atoms with Crippen LogP contribution in [0.1, 0.15) is 11.1 Å². The standard InChI is InChI=1S/C18H15NO6/c20-17(11-8-13-6-9-15(10-7-13)19(23)24)25-16(18(21)22)12-14-4-2-1-3-5-14/h1-11,16H,12H2,(H,21,22). The van der Waals surface area contributed by atoms with Crippen LogP contribution >= 0.6 is 0 Å². The first kappa shape index (κ1) is 17.9. The van der Waals surface area contributed by atoms with Crippen LogP contribution in [0.2, 0.25) is 0 Å². The number of carboxylic acid groups (broad SMARTS) is 1. The Hall–Kier alpha value is -3.48. The van der Waals surface area contributed by atoms with Crippen molar-refractivity contribution in [3.63, 3.8) is 0 Å². The number of carbonyl (C=O) groups is 2. The van der Waals surface area contributed by atoms with Gasteiger partial charge < -0.3 is 9.84 Å². The van der Waals surface area contributed by atoms with Crippen molar-refractivity contribution in [3.8, 4) is 0 Å². The normalized spacial score (nSPS) is 11.8. The zero-order valence-electron chi connectivity index (χ0n) is 13.1. The number of benzene rings is 2. The Labute approximate surface area is 143 Å². The predicted molar refractivity (Wildman–Crippen MR) is 89.8 cm³/mol. The summed E-state index contributed by atoms with van der Waals surface area (Å²) in [5.74, 6) is -2.04. The summed E-state index contributed by atoms with van der Waals surface area (Å²) in [5.41, 5.74) is 1.23. The number of non-ortho nitro benzene ring substituents is 1. The predicted octanol–water partition coefficient (Wildman–Crippen LogP) is 2.85. The summed E-state index contributed by atoms with van der Waals surface area (Å²) >= 11 is 0. The Balaban J connectivity index is 1.98. The zero-order chi connectivity index (χ0) is 18.2. The molecule has 2 aromatic rings. The Bertz CT molecular complexity index is 783. The van der Waals surface area contributed by atoms with Gasteiger partial charge in [0.05, 0.1) is 4.92 Å². The van der Waals surface area contributed by atoms with Crippen molar-refractivity contribution in [2.75, 3.05) is 0 Å². The van der Waals surface area contributed by atoms with E-state index in [9.17, 15) is 24.8 Å². The number of hydrogen-bond donors (Lipinski definition) is 1. The van der Waals surface area contributed by atoms with Crippen LogP contribution < -0.4 is 0 Å². The fourth-order valence-corrected chi connectivity index (χ4v) is 2.06. The molecule has 0 saturated carbocycles. The van der Waals surface area contributed by atoms with Gasteiger partial charge in [0, 0.05) is 24.6 Å². The van der Waals surface area contributed by atoms with Crippen molar-refractivity contribution in [3.05, 3.63) is 81.9 Å². The summed E-state index contributed by atoms with van der Waals surface area (Å²) in [6.07, 6.45) is 1.25. The summed E-state index contributed by atoms with van der Waals surface area (Å²) in [7, 11) is 0. The van der Waals surface area contributed by atoms with Crippen molar-refractivity contribution in [2.24, 2.45) is 0 Å². The van der Waals surface area contributed by atoms with E-state index >= 15 is 0 Å². The van der Waals surface area contributed by atoms with E-state index in [1.165, 1.54) is 30.3 Å². The Morgan fingerprint density at radius 3 is 2.32 bits per heavy atom. The summed E-state index contributed by atoms with van der Waals surface area (Å²) in [6, 6.07) is 14.4. The van der Waals surface area contributed by atoms with Crippen LogP contribution in [0, 0.1) is 10.1 Å². The minimum atomic E-state index is -1.29. The van der Waals surface area contributed by atoms with Crippen LogP contribution in [0.5, 0.6) is 0 Å². The molecule has 25 heavy (non-hydrogen) atoms. The molecule has 0 aromatic heterocycles. The topological polar surface area (TPSA) is 107 Å². The van der Waals surface area contributed by atoms with Crippen molar-refractivity contribution in [1.29, 1.82) is 0 Å². The number of nitro groups is 1. The zero-order valence-corrected chi connectivity index (χ0v) is 13.1. The van der Waals surface area contributed by atoms with Gasteiger partial charge in [0.1, 0.15) is 0 Å². The SMILES string of the molecule is O=C(C=Cc1ccc([N+](=O)[O-])cc1)OC(Cc1ccccc1)C(=O)O. The maximum atomic E-state index is 11.8. The lowest BCUT2D eigenvalue weighted by atomic mass is 10.1. The lowest BCUT2D eigenvalue weighted by Crippen LogP contribution is -2.28. The van der Waals surface area contributed by atoms with E-state index in [1.54, 1.807) is 30.3 Å². The van der Waals surface area contributed by atoms with E-state index in [4.69, 9.17) is 4.74 Å². The molecule has 0 aliphatic heterocycles. The molecule has 0 aliphatic rings. The van der Waals surface area contributed by atoms with E-state index in [-0.39, 0.29) is 12.1 Å². The van der Waals surface area contributed by atoms with Gasteiger partial charge in [-0.3, -0.25) is 10.1 Å². The third-order valence-electron chi connectivity index (χ3n) is 3.31. The number of hydrogen-bond acceptors (Lipinski definition) is 5. The first-order valence-electron chi connectivity index (χ1n) is 7.35. The molecule has 7 nitrogen and oxygen atoms in total. The van der Waals surface area contributed by atoms with Crippen LogP contribution in [0.25, 0.3) is 6.08 Å². The molecular formula is C18H15NO6. The van der Waals surface area contributed by atoms with Crippen LogP contribution in [-0.2, 0) is 20.7 Å². The van der Waals surface area contributed by atoms with E-state index in [1.807, 2.05) is 0 Å². The highest BCUT2D eigenvalue weighted by Gasteiger charge is 2.21. The summed E-state index contributed by atoms with van der Waals surface area (Å²) < 4.78 is 4.97. The Kier molecular flexibility index (Phi) is 6.00. The molecule has 2 aromatic carbocycles. The van der Waals surface area contributed by atoms with Crippen LogP contribution in [0.15, 0.2) is 60.7 Å². The van der Waals surface area contributed by atoms with Gasteiger partial charge in [-0.15, -0.1) is 0 Å². The molecule has 0 saturated heterocycles. The molecular weight excluding hydrogens is 326 g/mol. The van der Waals surface area contributed by atoms with Gasteiger partial charge in [-0.2, -0.15) is 0 Å². The molecule has 0 heterocycles. The van der Waals surface area contributed by atoms with E-state index in [0.717, 1.165) is 11.6 Å². The van der Waals surface area contributed by atoms with Gasteiger partial charge in [0.25, 0.3) is 5.69 Å². The molecule has 0 aliphatic carbocycles. The fourth-order valence-electron chi connectivity index (χ4n) is 2.06. The Morgan fingerprint density at radius 1 is 1.12 bits per heavy atom. The van der Waals surface area contributed by atoms with Gasteiger partial charge in [-0.05, 0) is 29.3 Å². The summed E-state index contributed by atoms with van der Waals surface area (Å²) in [5, 5.41) is 19.8. The van der Waals surface area contributed by atoms with Gasteiger partial charge >= 0.3 is 11.9 Å². The molecule has 0 spiro atoms. The molecule has 0 bridgehead atoms. The molecule has 0 radical (unpaired) electrons. The average molecular weight is 341 g/mol. The lowest BCUT2D eigenvalue weighted by molar-refractivity contribution is -0.384. The maximum Gasteiger partial charge on any atom is 0.345 e. The number of nitrogens with zero attached hydrogens (tertiary/aromatic N) is 1. The highest BCUT2D eigenvalue weighted by atomic mass is 16.6. The number of esters is 1. The van der Waals surface area contributed by atoms with Crippen molar-refractivity contribution >= 4 is 23.7 Å². The van der Waals surface area contributed by atoms with Crippen molar-refractivity contribution in [1.82, 2.24) is 0 Å². The Morgan fingerprint density at radius 2 is 1.76 bits per heavy atom. The highest BCUT2D eigenvalue weighted by molar-refractivity contribution is 5.89. The van der Waals surface area contributed by atoms with E-state index in [2.05, 4.69) is 0 Å². The number of nitro benzene ring substituents is 1. The molecule has 128 valence electrons. The van der Waals surface area contributed by atoms with Crippen molar-refractivity contribution < 1.29 is 24.4 Å². The second-order valence-corrected chi connectivity index (χ2v) is 5.14. The largest absolute Gasteiger partial charge is 0.478 e. The molecule has 1 unspecified atom stereocenters. The summed E-state index contributed by atoms with van der Waals surface area (Å²) in [6.45, 7) is 0. The van der Waals surface area contributed by atoms with Crippen molar-refractivity contribution in [2.45, 2.75) is 12.5 Å². The minimum absolute atomic E-state index is 0.0615. The number of carboxylic acids is 1. The molecule has 0 amide bonds. The van der Waals surface area contributed by atoms with E-state index in [0.29, 0.717) is 5.56 Å². The molecule has 1 N–H and O–H groups in total. The average Bonchev–Trinajstić information content (AvgIpc) is 2.60. The second-order valence-electron chi connectivity index (χ2n) is 5.14. The van der Waals surface area contributed by atoms with Gasteiger partial charge in [-0.25, -0.2) is 9.59 Å². The fraction of sp³-hybridized carbons (Fsp3) is 0.111. The first-order chi connectivity index (χ1) is 12.0.